The molecule has 0 aliphatic heterocycles. The summed E-state index contributed by atoms with van der Waals surface area (Å²) in [6, 6.07) is 3.40. The van der Waals surface area contributed by atoms with E-state index in [2.05, 4.69) is 4.98 Å². The first kappa shape index (κ1) is 10.8. The maximum absolute atomic E-state index is 8.98. The summed E-state index contributed by atoms with van der Waals surface area (Å²) < 4.78 is 10.5. The Bertz CT molecular complexity index is 264. The van der Waals surface area contributed by atoms with E-state index in [0.717, 1.165) is 5.56 Å². The quantitative estimate of drug-likeness (QED) is 0.774. The molecule has 0 saturated carbocycles. The van der Waals surface area contributed by atoms with Crippen molar-refractivity contribution in [2.75, 3.05) is 13.2 Å². The number of nitrogens with zero attached hydrogens (tertiary/aromatic N) is 1. The minimum Gasteiger partial charge on any atom is -0.478 e. The third-order valence-corrected chi connectivity index (χ3v) is 1.61. The van der Waals surface area contributed by atoms with Gasteiger partial charge in [-0.3, -0.25) is 0 Å². The second-order valence-corrected chi connectivity index (χ2v) is 2.68. The van der Waals surface area contributed by atoms with Crippen molar-refractivity contribution in [1.82, 2.24) is 4.98 Å². The van der Waals surface area contributed by atoms with Crippen molar-refractivity contribution < 1.29 is 14.6 Å². The van der Waals surface area contributed by atoms with Crippen molar-refractivity contribution in [1.29, 1.82) is 0 Å². The second kappa shape index (κ2) is 5.44. The van der Waals surface area contributed by atoms with Crippen LogP contribution in [0.25, 0.3) is 0 Å². The zero-order valence-corrected chi connectivity index (χ0v) is 8.49. The fraction of sp³-hybridized carbons (Fsp3) is 0.500. The molecular weight excluding hydrogens is 182 g/mol. The molecule has 4 nitrogen and oxygen atoms in total. The van der Waals surface area contributed by atoms with Crippen molar-refractivity contribution in [3.05, 3.63) is 17.7 Å². The van der Waals surface area contributed by atoms with Crippen LogP contribution in [0.1, 0.15) is 19.4 Å². The number of aliphatic hydroxyl groups excluding tert-OH is 1. The molecule has 0 aliphatic carbocycles. The highest BCUT2D eigenvalue weighted by atomic mass is 16.5. The molecule has 0 saturated heterocycles. The third kappa shape index (κ3) is 2.88. The molecule has 4 heteroatoms. The van der Waals surface area contributed by atoms with Gasteiger partial charge in [0.15, 0.2) is 0 Å². The molecule has 0 unspecified atom stereocenters. The van der Waals surface area contributed by atoms with Crippen LogP contribution in [0, 0.1) is 0 Å². The van der Waals surface area contributed by atoms with Gasteiger partial charge in [-0.2, -0.15) is 4.98 Å². The Morgan fingerprint density at radius 1 is 1.14 bits per heavy atom. The number of ether oxygens (including phenoxy) is 2. The Morgan fingerprint density at radius 2 is 1.64 bits per heavy atom. The fourth-order valence-electron chi connectivity index (χ4n) is 1.07. The van der Waals surface area contributed by atoms with E-state index >= 15 is 0 Å². The number of rotatable bonds is 5. The second-order valence-electron chi connectivity index (χ2n) is 2.68. The molecule has 0 bridgehead atoms. The molecule has 1 rings (SSSR count). The van der Waals surface area contributed by atoms with Crippen LogP contribution in [0.4, 0.5) is 0 Å². The van der Waals surface area contributed by atoms with Crippen molar-refractivity contribution in [3.8, 4) is 11.8 Å². The lowest BCUT2D eigenvalue weighted by molar-refractivity contribution is 0.272. The number of aliphatic hydroxyl groups is 1. The highest BCUT2D eigenvalue weighted by Gasteiger charge is 2.03. The number of aromatic nitrogens is 1. The van der Waals surface area contributed by atoms with Gasteiger partial charge >= 0.3 is 0 Å². The van der Waals surface area contributed by atoms with Gasteiger partial charge in [-0.05, 0) is 19.4 Å². The first-order valence-electron chi connectivity index (χ1n) is 4.67. The Hall–Kier alpha value is -1.29. The summed E-state index contributed by atoms with van der Waals surface area (Å²) in [7, 11) is 0. The average molecular weight is 197 g/mol. The smallest absolute Gasteiger partial charge is 0.216 e. The average Bonchev–Trinajstić information content (AvgIpc) is 2.18. The van der Waals surface area contributed by atoms with Gasteiger partial charge in [0.2, 0.25) is 11.8 Å². The number of hydrogen-bond acceptors (Lipinski definition) is 4. The summed E-state index contributed by atoms with van der Waals surface area (Å²) in [4.78, 5) is 4.11. The minimum absolute atomic E-state index is 0.0390. The zero-order chi connectivity index (χ0) is 10.4. The lowest BCUT2D eigenvalue weighted by Crippen LogP contribution is -2.00. The Kier molecular flexibility index (Phi) is 4.19. The van der Waals surface area contributed by atoms with Crippen LogP contribution in [0.3, 0.4) is 0 Å². The summed E-state index contributed by atoms with van der Waals surface area (Å²) >= 11 is 0. The summed E-state index contributed by atoms with van der Waals surface area (Å²) in [5.41, 5.74) is 0.742. The van der Waals surface area contributed by atoms with Gasteiger partial charge < -0.3 is 14.6 Å². The molecule has 0 aliphatic rings. The maximum atomic E-state index is 8.98. The van der Waals surface area contributed by atoms with Crippen LogP contribution in [-0.4, -0.2) is 23.3 Å². The summed E-state index contributed by atoms with van der Waals surface area (Å²) in [5.74, 6) is 0.977. The van der Waals surface area contributed by atoms with Gasteiger partial charge in [0.05, 0.1) is 19.8 Å². The van der Waals surface area contributed by atoms with Gasteiger partial charge in [-0.25, -0.2) is 0 Å². The van der Waals surface area contributed by atoms with Gasteiger partial charge in [0.25, 0.3) is 0 Å². The summed E-state index contributed by atoms with van der Waals surface area (Å²) in [6.45, 7) is 4.82. The van der Waals surface area contributed by atoms with Gasteiger partial charge in [-0.1, -0.05) is 0 Å². The van der Waals surface area contributed by atoms with E-state index in [4.69, 9.17) is 14.6 Å². The predicted octanol–water partition coefficient (Wildman–Crippen LogP) is 1.37. The lowest BCUT2D eigenvalue weighted by Gasteiger charge is -2.07. The first-order chi connectivity index (χ1) is 6.80. The molecule has 0 aromatic carbocycles. The highest BCUT2D eigenvalue weighted by Crippen LogP contribution is 2.17. The Balaban J connectivity index is 2.88. The van der Waals surface area contributed by atoms with E-state index in [1.165, 1.54) is 0 Å². The molecule has 1 heterocycles. The van der Waals surface area contributed by atoms with Crippen LogP contribution in [0.15, 0.2) is 12.1 Å². The van der Waals surface area contributed by atoms with Crippen LogP contribution in [-0.2, 0) is 6.61 Å². The van der Waals surface area contributed by atoms with Crippen molar-refractivity contribution >= 4 is 0 Å². The molecule has 0 radical (unpaired) electrons. The highest BCUT2D eigenvalue weighted by molar-refractivity contribution is 5.27. The van der Waals surface area contributed by atoms with Crippen LogP contribution < -0.4 is 9.47 Å². The zero-order valence-electron chi connectivity index (χ0n) is 8.49. The molecule has 1 aromatic heterocycles. The molecule has 14 heavy (non-hydrogen) atoms. The summed E-state index contributed by atoms with van der Waals surface area (Å²) in [5, 5.41) is 8.98. The standard InChI is InChI=1S/C10H15NO3/c1-3-13-9-5-8(7-12)6-10(11-9)14-4-2/h5-6,12H,3-4,7H2,1-2H3. The Morgan fingerprint density at radius 3 is 2.00 bits per heavy atom. The van der Waals surface area contributed by atoms with Crippen molar-refractivity contribution in [3.63, 3.8) is 0 Å². The van der Waals surface area contributed by atoms with Gasteiger partial charge in [0, 0.05) is 12.1 Å². The van der Waals surface area contributed by atoms with Gasteiger partial charge in [-0.15, -0.1) is 0 Å². The van der Waals surface area contributed by atoms with Gasteiger partial charge in [0.1, 0.15) is 0 Å². The first-order valence-corrected chi connectivity index (χ1v) is 4.67. The van der Waals surface area contributed by atoms with Crippen LogP contribution in [0.2, 0.25) is 0 Å². The number of pyridine rings is 1. The van der Waals surface area contributed by atoms with Crippen molar-refractivity contribution in [2.24, 2.45) is 0 Å². The third-order valence-electron chi connectivity index (χ3n) is 1.61. The fourth-order valence-corrected chi connectivity index (χ4v) is 1.07. The monoisotopic (exact) mass is 197 g/mol. The molecule has 1 aromatic rings. The van der Waals surface area contributed by atoms with E-state index in [1.54, 1.807) is 12.1 Å². The predicted molar refractivity (Wildman–Crippen MR) is 52.5 cm³/mol. The van der Waals surface area contributed by atoms with E-state index < -0.39 is 0 Å². The van der Waals surface area contributed by atoms with E-state index in [-0.39, 0.29) is 6.61 Å². The maximum Gasteiger partial charge on any atom is 0.216 e. The van der Waals surface area contributed by atoms with Crippen LogP contribution >= 0.6 is 0 Å². The Labute approximate surface area is 83.5 Å². The van der Waals surface area contributed by atoms with Crippen molar-refractivity contribution in [2.45, 2.75) is 20.5 Å². The minimum atomic E-state index is -0.0390. The van der Waals surface area contributed by atoms with E-state index in [9.17, 15) is 0 Å². The molecule has 0 spiro atoms. The van der Waals surface area contributed by atoms with E-state index in [0.29, 0.717) is 25.0 Å². The number of hydrogen-bond donors (Lipinski definition) is 1. The molecular formula is C10H15NO3. The topological polar surface area (TPSA) is 51.6 Å². The molecule has 78 valence electrons. The van der Waals surface area contributed by atoms with Crippen LogP contribution in [0.5, 0.6) is 11.8 Å². The largest absolute Gasteiger partial charge is 0.478 e. The molecule has 1 N–H and O–H groups in total. The molecule has 0 atom stereocenters. The normalized spacial score (nSPS) is 9.93. The molecule has 0 fully saturated rings. The van der Waals surface area contributed by atoms with E-state index in [1.807, 2.05) is 13.8 Å². The lowest BCUT2D eigenvalue weighted by atomic mass is 10.3. The SMILES string of the molecule is CCOc1cc(CO)cc(OCC)n1. The summed E-state index contributed by atoms with van der Waals surface area (Å²) in [6.07, 6.45) is 0. The molecule has 0 amide bonds.